The summed E-state index contributed by atoms with van der Waals surface area (Å²) in [6.07, 6.45) is 3.58. The number of pyridine rings is 1. The number of carbonyl (C=O) groups excluding carboxylic acids is 1. The van der Waals surface area contributed by atoms with Crippen LogP contribution in [-0.2, 0) is 19.5 Å². The van der Waals surface area contributed by atoms with E-state index in [1.54, 1.807) is 24.9 Å². The van der Waals surface area contributed by atoms with E-state index in [1.807, 2.05) is 12.1 Å². The van der Waals surface area contributed by atoms with E-state index < -0.39 is 0 Å². The number of methoxy groups -OCH3 is 3. The summed E-state index contributed by atoms with van der Waals surface area (Å²) in [5, 5.41) is 2.94. The van der Waals surface area contributed by atoms with Crippen molar-refractivity contribution in [2.75, 3.05) is 21.3 Å². The quantitative estimate of drug-likeness (QED) is 0.825. The predicted octanol–water partition coefficient (Wildman–Crippen LogP) is 2.53. The topological polar surface area (TPSA) is 78.8 Å². The predicted molar refractivity (Wildman–Crippen MR) is 106 cm³/mol. The van der Waals surface area contributed by atoms with Crippen molar-refractivity contribution in [3.8, 4) is 17.2 Å². The Morgan fingerprint density at radius 3 is 2.57 bits per heavy atom. The Morgan fingerprint density at radius 1 is 1.07 bits per heavy atom. The number of benzene rings is 1. The van der Waals surface area contributed by atoms with Crippen LogP contribution in [0.4, 0.5) is 0 Å². The Bertz CT molecular complexity index is 920. The lowest BCUT2D eigenvalue weighted by Crippen LogP contribution is -2.30. The zero-order chi connectivity index (χ0) is 20.1. The van der Waals surface area contributed by atoms with Crippen molar-refractivity contribution in [1.82, 2.24) is 9.88 Å². The molecule has 1 amide bonds. The molecule has 3 rings (SSSR count). The van der Waals surface area contributed by atoms with Gasteiger partial charge in [-0.05, 0) is 25.3 Å². The monoisotopic (exact) mass is 386 g/mol. The van der Waals surface area contributed by atoms with Crippen LogP contribution in [0.25, 0.3) is 0 Å². The molecule has 1 aliphatic rings. The van der Waals surface area contributed by atoms with Gasteiger partial charge in [-0.15, -0.1) is 0 Å². The molecule has 0 spiro atoms. The normalized spacial score (nSPS) is 13.2. The summed E-state index contributed by atoms with van der Waals surface area (Å²) in [4.78, 5) is 25.5. The number of amides is 1. The van der Waals surface area contributed by atoms with Crippen LogP contribution >= 0.6 is 0 Å². The molecular formula is C21H26N2O5. The highest BCUT2D eigenvalue weighted by atomic mass is 16.5. The van der Waals surface area contributed by atoms with E-state index >= 15 is 0 Å². The average molecular weight is 386 g/mol. The van der Waals surface area contributed by atoms with Gasteiger partial charge in [-0.1, -0.05) is 18.6 Å². The Labute approximate surface area is 164 Å². The first-order valence-electron chi connectivity index (χ1n) is 9.39. The van der Waals surface area contributed by atoms with Crippen molar-refractivity contribution < 1.29 is 19.0 Å². The molecule has 0 atom stereocenters. The molecule has 7 nitrogen and oxygen atoms in total. The third-order valence-corrected chi connectivity index (χ3v) is 5.05. The summed E-state index contributed by atoms with van der Waals surface area (Å²) in [7, 11) is 4.61. The summed E-state index contributed by atoms with van der Waals surface area (Å²) in [5.74, 6) is 1.23. The van der Waals surface area contributed by atoms with Crippen LogP contribution in [0, 0.1) is 0 Å². The molecule has 7 heteroatoms. The first-order valence-corrected chi connectivity index (χ1v) is 9.39. The fourth-order valence-corrected chi connectivity index (χ4v) is 3.68. The van der Waals surface area contributed by atoms with Gasteiger partial charge in [-0.2, -0.15) is 0 Å². The van der Waals surface area contributed by atoms with Crippen molar-refractivity contribution >= 4 is 5.91 Å². The fraction of sp³-hybridized carbons (Fsp3) is 0.429. The fourth-order valence-electron chi connectivity index (χ4n) is 3.68. The van der Waals surface area contributed by atoms with Crippen LogP contribution in [0.1, 0.15) is 40.9 Å². The van der Waals surface area contributed by atoms with Gasteiger partial charge in [-0.3, -0.25) is 9.59 Å². The van der Waals surface area contributed by atoms with Crippen molar-refractivity contribution in [1.29, 1.82) is 0 Å². The van der Waals surface area contributed by atoms with E-state index in [0.717, 1.165) is 30.5 Å². The molecule has 2 aromatic rings. The molecule has 0 radical (unpaired) electrons. The first kappa shape index (κ1) is 19.8. The molecule has 0 aliphatic carbocycles. The lowest BCUT2D eigenvalue weighted by molar-refractivity contribution is 0.0945. The molecule has 1 aliphatic heterocycles. The molecule has 0 saturated carbocycles. The van der Waals surface area contributed by atoms with E-state index in [4.69, 9.17) is 14.2 Å². The molecular weight excluding hydrogens is 360 g/mol. The SMILES string of the molecule is COc1cccc(CNC(=O)c2c(OC)cc(=O)n3c2CCCCC3)c1OC. The molecule has 0 bridgehead atoms. The molecule has 0 unspecified atom stereocenters. The summed E-state index contributed by atoms with van der Waals surface area (Å²) < 4.78 is 17.8. The number of carbonyl (C=O) groups is 1. The van der Waals surface area contributed by atoms with E-state index in [9.17, 15) is 9.59 Å². The van der Waals surface area contributed by atoms with Crippen LogP contribution in [0.15, 0.2) is 29.1 Å². The molecule has 28 heavy (non-hydrogen) atoms. The van der Waals surface area contributed by atoms with Gasteiger partial charge < -0.3 is 24.1 Å². The van der Waals surface area contributed by atoms with Gasteiger partial charge in [0.25, 0.3) is 11.5 Å². The number of aromatic nitrogens is 1. The van der Waals surface area contributed by atoms with Crippen LogP contribution in [0.5, 0.6) is 17.2 Å². The number of ether oxygens (including phenoxy) is 3. The van der Waals surface area contributed by atoms with Crippen molar-refractivity contribution in [2.45, 2.75) is 38.8 Å². The molecule has 150 valence electrons. The molecule has 0 fully saturated rings. The van der Waals surface area contributed by atoms with Crippen LogP contribution in [0.2, 0.25) is 0 Å². The summed E-state index contributed by atoms with van der Waals surface area (Å²) >= 11 is 0. The largest absolute Gasteiger partial charge is 0.496 e. The minimum atomic E-state index is -0.271. The smallest absolute Gasteiger partial charge is 0.257 e. The van der Waals surface area contributed by atoms with E-state index in [0.29, 0.717) is 35.8 Å². The Hall–Kier alpha value is -2.96. The lowest BCUT2D eigenvalue weighted by atomic mass is 10.1. The van der Waals surface area contributed by atoms with Crippen LogP contribution < -0.4 is 25.1 Å². The van der Waals surface area contributed by atoms with Gasteiger partial charge in [-0.25, -0.2) is 0 Å². The molecule has 1 aromatic heterocycles. The van der Waals surface area contributed by atoms with Crippen LogP contribution in [0.3, 0.4) is 0 Å². The maximum atomic E-state index is 13.1. The number of rotatable bonds is 6. The number of hydrogen-bond acceptors (Lipinski definition) is 5. The second kappa shape index (κ2) is 8.82. The van der Waals surface area contributed by atoms with Gasteiger partial charge in [0.2, 0.25) is 0 Å². The van der Waals surface area contributed by atoms with Crippen molar-refractivity contribution in [3.63, 3.8) is 0 Å². The van der Waals surface area contributed by atoms with Crippen LogP contribution in [-0.4, -0.2) is 31.8 Å². The second-order valence-electron chi connectivity index (χ2n) is 6.67. The minimum Gasteiger partial charge on any atom is -0.496 e. The van der Waals surface area contributed by atoms with E-state index in [-0.39, 0.29) is 18.0 Å². The van der Waals surface area contributed by atoms with Gasteiger partial charge in [0.1, 0.15) is 11.3 Å². The zero-order valence-electron chi connectivity index (χ0n) is 16.5. The second-order valence-corrected chi connectivity index (χ2v) is 6.67. The zero-order valence-corrected chi connectivity index (χ0v) is 16.5. The molecule has 0 saturated heterocycles. The van der Waals surface area contributed by atoms with E-state index in [1.165, 1.54) is 13.2 Å². The van der Waals surface area contributed by atoms with Gasteiger partial charge >= 0.3 is 0 Å². The average Bonchev–Trinajstić information content (AvgIpc) is 2.97. The third kappa shape index (κ3) is 3.83. The maximum Gasteiger partial charge on any atom is 0.257 e. The number of nitrogens with zero attached hydrogens (tertiary/aromatic N) is 1. The molecule has 2 heterocycles. The summed E-state index contributed by atoms with van der Waals surface area (Å²) in [6, 6.07) is 6.92. The highest BCUT2D eigenvalue weighted by Gasteiger charge is 2.23. The number of fused-ring (bicyclic) bond motifs is 1. The highest BCUT2D eigenvalue weighted by Crippen LogP contribution is 2.31. The Balaban J connectivity index is 1.92. The number of nitrogens with one attached hydrogen (secondary N) is 1. The minimum absolute atomic E-state index is 0.125. The standard InChI is InChI=1S/C21H26N2O5/c1-26-16-10-7-8-14(20(16)28-3)13-22-21(25)19-15-9-5-4-6-11-23(15)18(24)12-17(19)27-2/h7-8,10,12H,4-6,9,11,13H2,1-3H3,(H,22,25). The van der Waals surface area contributed by atoms with Gasteiger partial charge in [0.05, 0.1) is 21.3 Å². The summed E-state index contributed by atoms with van der Waals surface area (Å²) in [5.41, 5.74) is 1.86. The maximum absolute atomic E-state index is 13.1. The Morgan fingerprint density at radius 2 is 1.86 bits per heavy atom. The van der Waals surface area contributed by atoms with Gasteiger partial charge in [0, 0.05) is 30.4 Å². The number of para-hydroxylation sites is 1. The lowest BCUT2D eigenvalue weighted by Gasteiger charge is -2.18. The molecule has 1 N–H and O–H groups in total. The summed E-state index contributed by atoms with van der Waals surface area (Å²) in [6.45, 7) is 0.892. The van der Waals surface area contributed by atoms with Crippen molar-refractivity contribution in [3.05, 3.63) is 51.4 Å². The van der Waals surface area contributed by atoms with Crippen molar-refractivity contribution in [2.24, 2.45) is 0 Å². The van der Waals surface area contributed by atoms with Gasteiger partial charge in [0.15, 0.2) is 11.5 Å². The van der Waals surface area contributed by atoms with E-state index in [2.05, 4.69) is 5.32 Å². The number of hydrogen-bond donors (Lipinski definition) is 1. The third-order valence-electron chi connectivity index (χ3n) is 5.05. The molecule has 1 aromatic carbocycles. The highest BCUT2D eigenvalue weighted by molar-refractivity contribution is 5.98. The Kier molecular flexibility index (Phi) is 6.23. The first-order chi connectivity index (χ1) is 13.6.